The summed E-state index contributed by atoms with van der Waals surface area (Å²) in [4.78, 5) is 2.59. The Labute approximate surface area is 136 Å². The van der Waals surface area contributed by atoms with Crippen molar-refractivity contribution in [1.82, 2.24) is 4.90 Å². The van der Waals surface area contributed by atoms with Crippen LogP contribution >= 0.6 is 0 Å². The first kappa shape index (κ1) is 16.9. The van der Waals surface area contributed by atoms with Crippen molar-refractivity contribution >= 4 is 8.32 Å². The second-order valence-corrected chi connectivity index (χ2v) is 14.0. The Morgan fingerprint density at radius 1 is 1.18 bits per heavy atom. The Morgan fingerprint density at radius 2 is 1.82 bits per heavy atom. The standard InChI is InChI=1S/C17H33NO3Si/c1-16(2,3)22(6,7)19-11-13-15-14(20-17(4,5)21-15)12-9-8-10-18(12)13/h12-15H,8-11H2,1-7H3/t12-,13+,14-,15+/m1/s1. The largest absolute Gasteiger partial charge is 0.415 e. The second kappa shape index (κ2) is 5.28. The Kier molecular flexibility index (Phi) is 4.06. The Morgan fingerprint density at radius 3 is 2.45 bits per heavy atom. The van der Waals surface area contributed by atoms with E-state index in [1.807, 2.05) is 13.8 Å². The molecular weight excluding hydrogens is 294 g/mol. The van der Waals surface area contributed by atoms with Gasteiger partial charge in [-0.2, -0.15) is 0 Å². The summed E-state index contributed by atoms with van der Waals surface area (Å²) < 4.78 is 19.0. The van der Waals surface area contributed by atoms with Crippen molar-refractivity contribution in [3.05, 3.63) is 0 Å². The van der Waals surface area contributed by atoms with Crippen molar-refractivity contribution < 1.29 is 13.9 Å². The second-order valence-electron chi connectivity index (χ2n) is 9.15. The summed E-state index contributed by atoms with van der Waals surface area (Å²) >= 11 is 0. The number of rotatable bonds is 3. The molecule has 22 heavy (non-hydrogen) atoms. The average molecular weight is 328 g/mol. The molecule has 3 heterocycles. The van der Waals surface area contributed by atoms with Gasteiger partial charge in [0.2, 0.25) is 0 Å². The molecule has 3 aliphatic heterocycles. The van der Waals surface area contributed by atoms with Gasteiger partial charge in [-0.05, 0) is 51.4 Å². The van der Waals surface area contributed by atoms with Gasteiger partial charge in [-0.3, -0.25) is 4.90 Å². The van der Waals surface area contributed by atoms with Crippen LogP contribution in [0.4, 0.5) is 0 Å². The van der Waals surface area contributed by atoms with Gasteiger partial charge in [0.1, 0.15) is 12.2 Å². The third-order valence-corrected chi connectivity index (χ3v) is 10.6. The van der Waals surface area contributed by atoms with E-state index in [1.165, 1.54) is 12.8 Å². The van der Waals surface area contributed by atoms with E-state index in [1.54, 1.807) is 0 Å². The molecule has 3 saturated heterocycles. The number of fused-ring (bicyclic) bond motifs is 3. The summed E-state index contributed by atoms with van der Waals surface area (Å²) in [5, 5.41) is 0.252. The summed E-state index contributed by atoms with van der Waals surface area (Å²) in [6.07, 6.45) is 2.90. The van der Waals surface area contributed by atoms with Gasteiger partial charge in [0.05, 0.1) is 12.6 Å². The minimum absolute atomic E-state index is 0.171. The summed E-state index contributed by atoms with van der Waals surface area (Å²) in [6.45, 7) is 17.6. The Balaban J connectivity index is 1.72. The van der Waals surface area contributed by atoms with Crippen molar-refractivity contribution in [2.75, 3.05) is 13.2 Å². The van der Waals surface area contributed by atoms with E-state index in [2.05, 4.69) is 38.8 Å². The summed E-state index contributed by atoms with van der Waals surface area (Å²) in [5.41, 5.74) is 0. The molecule has 0 spiro atoms. The lowest BCUT2D eigenvalue weighted by Crippen LogP contribution is -2.48. The third-order valence-electron chi connectivity index (χ3n) is 6.11. The molecule has 3 fully saturated rings. The van der Waals surface area contributed by atoms with Gasteiger partial charge in [-0.25, -0.2) is 0 Å². The zero-order valence-corrected chi connectivity index (χ0v) is 16.3. The first-order valence-corrected chi connectivity index (χ1v) is 11.7. The smallest absolute Gasteiger partial charge is 0.192 e. The Hall–Kier alpha value is 0.0569. The van der Waals surface area contributed by atoms with Crippen molar-refractivity contribution in [2.45, 2.75) is 95.7 Å². The van der Waals surface area contributed by atoms with Crippen LogP contribution in [0.2, 0.25) is 18.1 Å². The molecule has 0 amide bonds. The Bertz CT molecular complexity index is 432. The average Bonchev–Trinajstić information content (AvgIpc) is 2.97. The first-order valence-electron chi connectivity index (χ1n) is 8.77. The van der Waals surface area contributed by atoms with Crippen LogP contribution in [0.5, 0.6) is 0 Å². The van der Waals surface area contributed by atoms with Gasteiger partial charge in [0.15, 0.2) is 14.1 Å². The fourth-order valence-corrected chi connectivity index (χ4v) is 4.90. The van der Waals surface area contributed by atoms with E-state index in [9.17, 15) is 0 Å². The van der Waals surface area contributed by atoms with Crippen LogP contribution in [0.15, 0.2) is 0 Å². The molecular formula is C17H33NO3Si. The van der Waals surface area contributed by atoms with Gasteiger partial charge in [0.25, 0.3) is 0 Å². The minimum atomic E-state index is -1.72. The number of ether oxygens (including phenoxy) is 2. The van der Waals surface area contributed by atoms with Crippen molar-refractivity contribution in [3.8, 4) is 0 Å². The van der Waals surface area contributed by atoms with Crippen molar-refractivity contribution in [2.24, 2.45) is 0 Å². The van der Waals surface area contributed by atoms with Crippen molar-refractivity contribution in [1.29, 1.82) is 0 Å². The van der Waals surface area contributed by atoms with Crippen molar-refractivity contribution in [3.63, 3.8) is 0 Å². The van der Waals surface area contributed by atoms with Crippen LogP contribution in [0, 0.1) is 0 Å². The number of hydrogen-bond acceptors (Lipinski definition) is 4. The molecule has 0 aromatic rings. The zero-order valence-electron chi connectivity index (χ0n) is 15.3. The molecule has 0 unspecified atom stereocenters. The third kappa shape index (κ3) is 2.79. The first-order chi connectivity index (χ1) is 10.0. The number of hydrogen-bond donors (Lipinski definition) is 0. The normalized spacial score (nSPS) is 38.3. The van der Waals surface area contributed by atoms with Crippen LogP contribution in [-0.2, 0) is 13.9 Å². The molecule has 0 aromatic heterocycles. The molecule has 3 rings (SSSR count). The zero-order chi connectivity index (χ0) is 16.3. The van der Waals surface area contributed by atoms with E-state index in [4.69, 9.17) is 13.9 Å². The lowest BCUT2D eigenvalue weighted by atomic mass is 10.1. The summed E-state index contributed by atoms with van der Waals surface area (Å²) in [6, 6.07) is 0.883. The maximum absolute atomic E-state index is 6.52. The predicted molar refractivity (Wildman–Crippen MR) is 90.5 cm³/mol. The van der Waals surface area contributed by atoms with Crippen LogP contribution in [0.1, 0.15) is 47.5 Å². The van der Waals surface area contributed by atoms with E-state index in [-0.39, 0.29) is 17.2 Å². The predicted octanol–water partition coefficient (Wildman–Crippen LogP) is 3.37. The maximum Gasteiger partial charge on any atom is 0.192 e. The fourth-order valence-electron chi connectivity index (χ4n) is 3.88. The molecule has 4 nitrogen and oxygen atoms in total. The van der Waals surface area contributed by atoms with E-state index < -0.39 is 14.1 Å². The van der Waals surface area contributed by atoms with E-state index in [0.717, 1.165) is 13.2 Å². The molecule has 128 valence electrons. The molecule has 0 bridgehead atoms. The highest BCUT2D eigenvalue weighted by molar-refractivity contribution is 6.74. The monoisotopic (exact) mass is 327 g/mol. The SMILES string of the molecule is CC1(C)O[C@@H]2[C@H](O1)[C@H]1CCCN1[C@H]2CO[Si](C)(C)C(C)(C)C. The highest BCUT2D eigenvalue weighted by Gasteiger charge is 2.59. The molecule has 0 saturated carbocycles. The molecule has 0 aromatic carbocycles. The van der Waals surface area contributed by atoms with E-state index in [0.29, 0.717) is 12.1 Å². The molecule has 3 aliphatic rings. The van der Waals surface area contributed by atoms with Crippen LogP contribution < -0.4 is 0 Å². The van der Waals surface area contributed by atoms with Crippen LogP contribution in [-0.4, -0.2) is 56.4 Å². The molecule has 0 radical (unpaired) electrons. The lowest BCUT2D eigenvalue weighted by Gasteiger charge is -2.38. The van der Waals surface area contributed by atoms with Gasteiger partial charge in [0, 0.05) is 6.04 Å². The molecule has 0 aliphatic carbocycles. The van der Waals surface area contributed by atoms with Gasteiger partial charge in [-0.15, -0.1) is 0 Å². The van der Waals surface area contributed by atoms with Crippen LogP contribution in [0.25, 0.3) is 0 Å². The van der Waals surface area contributed by atoms with E-state index >= 15 is 0 Å². The molecule has 0 N–H and O–H groups in total. The summed E-state index contributed by atoms with van der Waals surface area (Å²) in [7, 11) is -1.72. The highest BCUT2D eigenvalue weighted by Crippen LogP contribution is 2.45. The van der Waals surface area contributed by atoms with Gasteiger partial charge >= 0.3 is 0 Å². The number of nitrogens with zero attached hydrogens (tertiary/aromatic N) is 1. The fraction of sp³-hybridized carbons (Fsp3) is 1.00. The lowest BCUT2D eigenvalue weighted by molar-refractivity contribution is -0.166. The maximum atomic E-state index is 6.52. The molecule has 4 atom stereocenters. The summed E-state index contributed by atoms with van der Waals surface area (Å²) in [5.74, 6) is -0.445. The topological polar surface area (TPSA) is 30.9 Å². The van der Waals surface area contributed by atoms with Gasteiger partial charge in [-0.1, -0.05) is 20.8 Å². The quantitative estimate of drug-likeness (QED) is 0.744. The highest BCUT2D eigenvalue weighted by atomic mass is 28.4. The molecule has 5 heteroatoms. The van der Waals surface area contributed by atoms with Gasteiger partial charge < -0.3 is 13.9 Å². The van der Waals surface area contributed by atoms with Crippen LogP contribution in [0.3, 0.4) is 0 Å². The minimum Gasteiger partial charge on any atom is -0.415 e.